The standard InChI is InChI=1S/C22H25N5O3S/c1-13-10-14(6-9-27(13)22(28)29)19-20(24-8-7-23-19)30-16-11-15(12-16)25-21-26-17-4-2-3-5-18(17)31-21/h2-5,7-8,13-16H,6,9-12H2,1H3,(H,25,26)(H,28,29). The van der Waals surface area contributed by atoms with Crippen LogP contribution in [0.4, 0.5) is 9.93 Å². The van der Waals surface area contributed by atoms with Gasteiger partial charge in [-0.05, 0) is 31.9 Å². The summed E-state index contributed by atoms with van der Waals surface area (Å²) in [6.45, 7) is 2.45. The summed E-state index contributed by atoms with van der Waals surface area (Å²) in [4.78, 5) is 26.5. The van der Waals surface area contributed by atoms with E-state index in [4.69, 9.17) is 4.74 Å². The highest BCUT2D eigenvalue weighted by molar-refractivity contribution is 7.22. The number of nitrogens with zero attached hydrogens (tertiary/aromatic N) is 4. The third-order valence-electron chi connectivity index (χ3n) is 6.19. The van der Waals surface area contributed by atoms with Crippen molar-refractivity contribution in [2.24, 2.45) is 0 Å². The van der Waals surface area contributed by atoms with Gasteiger partial charge in [0.05, 0.1) is 10.2 Å². The summed E-state index contributed by atoms with van der Waals surface area (Å²) in [7, 11) is 0. The summed E-state index contributed by atoms with van der Waals surface area (Å²) in [6.07, 6.45) is 5.83. The van der Waals surface area contributed by atoms with Gasteiger partial charge in [0.1, 0.15) is 11.8 Å². The molecule has 1 aliphatic heterocycles. The number of nitrogens with one attached hydrogen (secondary N) is 1. The zero-order chi connectivity index (χ0) is 21.4. The topological polar surface area (TPSA) is 100 Å². The van der Waals surface area contributed by atoms with Crippen molar-refractivity contribution in [3.05, 3.63) is 42.4 Å². The second kappa shape index (κ2) is 8.30. The zero-order valence-electron chi connectivity index (χ0n) is 17.3. The summed E-state index contributed by atoms with van der Waals surface area (Å²) in [5.74, 6) is 0.748. The Morgan fingerprint density at radius 2 is 2.03 bits per heavy atom. The van der Waals surface area contributed by atoms with Crippen LogP contribution in [0.3, 0.4) is 0 Å². The van der Waals surface area contributed by atoms with Crippen LogP contribution in [0.15, 0.2) is 36.7 Å². The minimum absolute atomic E-state index is 0.0443. The number of fused-ring (bicyclic) bond motifs is 1. The second-order valence-electron chi connectivity index (χ2n) is 8.33. The van der Waals surface area contributed by atoms with E-state index in [0.29, 0.717) is 18.5 Å². The van der Waals surface area contributed by atoms with E-state index in [-0.39, 0.29) is 18.1 Å². The molecule has 2 unspecified atom stereocenters. The number of anilines is 1. The van der Waals surface area contributed by atoms with Crippen LogP contribution in [0.25, 0.3) is 10.2 Å². The van der Waals surface area contributed by atoms with Gasteiger partial charge in [-0.1, -0.05) is 23.5 Å². The summed E-state index contributed by atoms with van der Waals surface area (Å²) < 4.78 is 7.40. The minimum atomic E-state index is -0.859. The van der Waals surface area contributed by atoms with E-state index in [2.05, 4.69) is 26.3 Å². The van der Waals surface area contributed by atoms with Crippen LogP contribution in [-0.2, 0) is 0 Å². The number of hydrogen-bond acceptors (Lipinski definition) is 7. The molecule has 0 spiro atoms. The fourth-order valence-corrected chi connectivity index (χ4v) is 5.40. The lowest BCUT2D eigenvalue weighted by Gasteiger charge is -2.37. The van der Waals surface area contributed by atoms with Crippen LogP contribution in [0.2, 0.25) is 0 Å². The zero-order valence-corrected chi connectivity index (χ0v) is 18.1. The van der Waals surface area contributed by atoms with Crippen molar-refractivity contribution in [1.29, 1.82) is 0 Å². The monoisotopic (exact) mass is 439 g/mol. The first-order valence-corrected chi connectivity index (χ1v) is 11.5. The average Bonchev–Trinajstić information content (AvgIpc) is 3.15. The number of piperidine rings is 1. The van der Waals surface area contributed by atoms with Crippen LogP contribution < -0.4 is 10.1 Å². The maximum absolute atomic E-state index is 11.3. The predicted octanol–water partition coefficient (Wildman–Crippen LogP) is 4.35. The molecule has 5 rings (SSSR count). The van der Waals surface area contributed by atoms with Crippen LogP contribution in [-0.4, -0.2) is 55.8 Å². The van der Waals surface area contributed by atoms with E-state index >= 15 is 0 Å². The average molecular weight is 440 g/mol. The van der Waals surface area contributed by atoms with Gasteiger partial charge in [-0.25, -0.2) is 14.8 Å². The fourth-order valence-electron chi connectivity index (χ4n) is 4.46. The Kier molecular flexibility index (Phi) is 5.35. The van der Waals surface area contributed by atoms with Gasteiger partial charge in [0.15, 0.2) is 5.13 Å². The van der Waals surface area contributed by atoms with Crippen molar-refractivity contribution in [2.75, 3.05) is 11.9 Å². The molecular weight excluding hydrogens is 414 g/mol. The molecule has 1 aliphatic carbocycles. The van der Waals surface area contributed by atoms with Crippen molar-refractivity contribution in [3.8, 4) is 5.88 Å². The number of carbonyl (C=O) groups is 1. The number of ether oxygens (including phenoxy) is 1. The van der Waals surface area contributed by atoms with Gasteiger partial charge in [0.25, 0.3) is 0 Å². The summed E-state index contributed by atoms with van der Waals surface area (Å²) in [6, 6.07) is 8.44. The number of amides is 1. The number of rotatable bonds is 5. The molecule has 1 amide bonds. The van der Waals surface area contributed by atoms with E-state index in [9.17, 15) is 9.90 Å². The Balaban J connectivity index is 1.19. The Morgan fingerprint density at radius 1 is 1.23 bits per heavy atom. The van der Waals surface area contributed by atoms with Gasteiger partial charge in [0.2, 0.25) is 5.88 Å². The molecule has 1 saturated heterocycles. The molecule has 2 atom stereocenters. The van der Waals surface area contributed by atoms with Gasteiger partial charge >= 0.3 is 6.09 Å². The van der Waals surface area contributed by atoms with E-state index in [1.54, 1.807) is 23.7 Å². The first-order chi connectivity index (χ1) is 15.1. The lowest BCUT2D eigenvalue weighted by molar-refractivity contribution is 0.0942. The van der Waals surface area contributed by atoms with Crippen molar-refractivity contribution < 1.29 is 14.6 Å². The van der Waals surface area contributed by atoms with Crippen molar-refractivity contribution in [3.63, 3.8) is 0 Å². The third kappa shape index (κ3) is 4.14. The number of aromatic nitrogens is 3. The summed E-state index contributed by atoms with van der Waals surface area (Å²) >= 11 is 1.67. The summed E-state index contributed by atoms with van der Waals surface area (Å²) in [5.41, 5.74) is 1.87. The molecule has 3 aromatic rings. The van der Waals surface area contributed by atoms with Crippen molar-refractivity contribution >= 4 is 32.8 Å². The maximum Gasteiger partial charge on any atom is 0.407 e. The van der Waals surface area contributed by atoms with Crippen molar-refractivity contribution in [1.82, 2.24) is 19.9 Å². The van der Waals surface area contributed by atoms with E-state index in [1.807, 2.05) is 25.1 Å². The highest BCUT2D eigenvalue weighted by Crippen LogP contribution is 2.37. The molecule has 9 heteroatoms. The minimum Gasteiger partial charge on any atom is -0.473 e. The number of para-hydroxylation sites is 1. The number of thiazole rings is 1. The van der Waals surface area contributed by atoms with Crippen LogP contribution in [0.5, 0.6) is 5.88 Å². The quantitative estimate of drug-likeness (QED) is 0.609. The lowest BCUT2D eigenvalue weighted by atomic mass is 9.88. The van der Waals surface area contributed by atoms with Gasteiger partial charge in [-0.2, -0.15) is 0 Å². The first-order valence-electron chi connectivity index (χ1n) is 10.7. The molecule has 162 valence electrons. The molecule has 8 nitrogen and oxygen atoms in total. The molecule has 2 aliphatic rings. The van der Waals surface area contributed by atoms with Crippen LogP contribution in [0.1, 0.15) is 44.2 Å². The SMILES string of the molecule is CC1CC(c2nccnc2OC2CC(Nc3nc4ccccc4s3)C2)CCN1C(=O)O. The van der Waals surface area contributed by atoms with E-state index < -0.39 is 6.09 Å². The van der Waals surface area contributed by atoms with E-state index in [1.165, 1.54) is 9.60 Å². The highest BCUT2D eigenvalue weighted by Gasteiger charge is 2.35. The van der Waals surface area contributed by atoms with Gasteiger partial charge in [-0.15, -0.1) is 0 Å². The molecule has 0 radical (unpaired) electrons. The highest BCUT2D eigenvalue weighted by atomic mass is 32.1. The molecule has 2 N–H and O–H groups in total. The van der Waals surface area contributed by atoms with Crippen LogP contribution >= 0.6 is 11.3 Å². The predicted molar refractivity (Wildman–Crippen MR) is 119 cm³/mol. The molecule has 2 aromatic heterocycles. The number of likely N-dealkylation sites (tertiary alicyclic amines) is 1. The number of hydrogen-bond donors (Lipinski definition) is 2. The Labute approximate surface area is 184 Å². The normalized spacial score (nSPS) is 25.8. The molecule has 2 fully saturated rings. The summed E-state index contributed by atoms with van der Waals surface area (Å²) in [5, 5.41) is 13.8. The smallest absolute Gasteiger partial charge is 0.407 e. The van der Waals surface area contributed by atoms with E-state index in [0.717, 1.165) is 42.0 Å². The second-order valence-corrected chi connectivity index (χ2v) is 9.36. The Morgan fingerprint density at radius 3 is 2.81 bits per heavy atom. The van der Waals surface area contributed by atoms with Crippen molar-refractivity contribution in [2.45, 2.75) is 56.7 Å². The van der Waals surface area contributed by atoms with Gasteiger partial charge in [-0.3, -0.25) is 4.98 Å². The fraction of sp³-hybridized carbons (Fsp3) is 0.455. The molecule has 0 bridgehead atoms. The Hall–Kier alpha value is -2.94. The third-order valence-corrected chi connectivity index (χ3v) is 7.16. The van der Waals surface area contributed by atoms with Crippen LogP contribution in [0, 0.1) is 0 Å². The first kappa shape index (κ1) is 20.0. The Bertz CT molecular complexity index is 1050. The van der Waals surface area contributed by atoms with Gasteiger partial charge in [0, 0.05) is 49.8 Å². The lowest BCUT2D eigenvalue weighted by Crippen LogP contribution is -2.44. The molecular formula is C22H25N5O3S. The molecule has 31 heavy (non-hydrogen) atoms. The maximum atomic E-state index is 11.3. The largest absolute Gasteiger partial charge is 0.473 e. The number of benzene rings is 1. The molecule has 3 heterocycles. The van der Waals surface area contributed by atoms with Gasteiger partial charge < -0.3 is 20.1 Å². The molecule has 1 saturated carbocycles. The molecule has 1 aromatic carbocycles. The number of carboxylic acid groups (broad SMARTS) is 1.